The second-order valence-corrected chi connectivity index (χ2v) is 9.41. The van der Waals surface area contributed by atoms with Crippen molar-refractivity contribution in [1.29, 1.82) is 0 Å². The molecule has 0 fully saturated rings. The fourth-order valence-electron chi connectivity index (χ4n) is 4.63. The van der Waals surface area contributed by atoms with E-state index in [4.69, 9.17) is 10.5 Å². The van der Waals surface area contributed by atoms with Gasteiger partial charge in [0.05, 0.1) is 4.91 Å². The zero-order chi connectivity index (χ0) is 22.9. The van der Waals surface area contributed by atoms with Crippen molar-refractivity contribution in [2.24, 2.45) is 5.73 Å². The van der Waals surface area contributed by atoms with Gasteiger partial charge in [0, 0.05) is 24.0 Å². The topological polar surface area (TPSA) is 77.6 Å². The van der Waals surface area contributed by atoms with Gasteiger partial charge in [-0.1, -0.05) is 66.4 Å². The Morgan fingerprint density at radius 2 is 1.73 bits per heavy atom. The minimum atomic E-state index is -0.462. The van der Waals surface area contributed by atoms with Crippen LogP contribution in [-0.4, -0.2) is 21.4 Å². The second-order valence-electron chi connectivity index (χ2n) is 8.34. The van der Waals surface area contributed by atoms with Crippen molar-refractivity contribution >= 4 is 17.7 Å². The summed E-state index contributed by atoms with van der Waals surface area (Å²) in [5, 5.41) is 0. The van der Waals surface area contributed by atoms with Gasteiger partial charge in [-0.15, -0.1) is 0 Å². The predicted molar refractivity (Wildman–Crippen MR) is 129 cm³/mol. The number of carbonyl (C=O) groups excluding carboxylic acids is 1. The Bertz CT molecular complexity index is 1260. The highest BCUT2D eigenvalue weighted by atomic mass is 32.2. The first kappa shape index (κ1) is 21.4. The van der Waals surface area contributed by atoms with Crippen LogP contribution in [0.3, 0.4) is 0 Å². The Morgan fingerprint density at radius 3 is 2.36 bits per heavy atom. The lowest BCUT2D eigenvalue weighted by molar-refractivity contribution is -0.114. The van der Waals surface area contributed by atoms with Crippen LogP contribution in [0.1, 0.15) is 29.1 Å². The summed E-state index contributed by atoms with van der Waals surface area (Å²) in [6.07, 6.45) is 3.47. The SMILES string of the molecule is CC1=C(C(N)=O)SC(n2ccc(OCc3ccccc3)cc2=O)N1C1Cc2ccccc2C1. The van der Waals surface area contributed by atoms with Crippen LogP contribution in [0.15, 0.2) is 88.3 Å². The third kappa shape index (κ3) is 4.16. The largest absolute Gasteiger partial charge is 0.489 e. The van der Waals surface area contributed by atoms with E-state index >= 15 is 0 Å². The van der Waals surface area contributed by atoms with E-state index in [-0.39, 0.29) is 17.1 Å². The van der Waals surface area contributed by atoms with Crippen LogP contribution >= 0.6 is 11.8 Å². The molecule has 33 heavy (non-hydrogen) atoms. The standard InChI is InChI=1S/C26H25N3O3S/c1-17-24(25(27)31)33-26(29(17)21-13-19-9-5-6-10-20(19)14-21)28-12-11-22(15-23(28)30)32-16-18-7-3-2-4-8-18/h2-12,15,21,26H,13-14,16H2,1H3,(H2,27,31). The molecule has 5 rings (SSSR count). The molecular formula is C26H25N3O3S. The van der Waals surface area contributed by atoms with Gasteiger partial charge in [0.1, 0.15) is 12.4 Å². The van der Waals surface area contributed by atoms with Gasteiger partial charge >= 0.3 is 0 Å². The molecule has 2 heterocycles. The fourth-order valence-corrected chi connectivity index (χ4v) is 5.96. The predicted octanol–water partition coefficient (Wildman–Crippen LogP) is 3.82. The van der Waals surface area contributed by atoms with Crippen molar-refractivity contribution in [3.63, 3.8) is 0 Å². The van der Waals surface area contributed by atoms with Crippen molar-refractivity contribution in [2.45, 2.75) is 37.9 Å². The Hall–Kier alpha value is -3.45. The van der Waals surface area contributed by atoms with E-state index in [0.29, 0.717) is 17.3 Å². The number of hydrogen-bond donors (Lipinski definition) is 1. The summed E-state index contributed by atoms with van der Waals surface area (Å²) in [7, 11) is 0. The smallest absolute Gasteiger partial charge is 0.257 e. The minimum Gasteiger partial charge on any atom is -0.489 e. The molecule has 1 unspecified atom stereocenters. The van der Waals surface area contributed by atoms with E-state index in [0.717, 1.165) is 24.1 Å². The molecule has 1 aliphatic heterocycles. The van der Waals surface area contributed by atoms with Gasteiger partial charge in [0.2, 0.25) is 0 Å². The lowest BCUT2D eigenvalue weighted by Gasteiger charge is -2.34. The number of benzene rings is 2. The highest BCUT2D eigenvalue weighted by Crippen LogP contribution is 2.47. The number of rotatable bonds is 6. The van der Waals surface area contributed by atoms with Gasteiger partial charge in [-0.25, -0.2) is 0 Å². The van der Waals surface area contributed by atoms with Crippen molar-refractivity contribution in [3.05, 3.63) is 111 Å². The first-order valence-corrected chi connectivity index (χ1v) is 11.8. The number of nitrogens with zero attached hydrogens (tertiary/aromatic N) is 2. The number of allylic oxidation sites excluding steroid dienone is 1. The maximum absolute atomic E-state index is 13.1. The molecule has 0 radical (unpaired) electrons. The molecule has 2 N–H and O–H groups in total. The molecule has 1 aliphatic carbocycles. The molecule has 2 aliphatic rings. The highest BCUT2D eigenvalue weighted by Gasteiger charge is 2.40. The van der Waals surface area contributed by atoms with E-state index in [2.05, 4.69) is 17.0 Å². The van der Waals surface area contributed by atoms with Gasteiger partial charge in [-0.05, 0) is 42.5 Å². The number of fused-ring (bicyclic) bond motifs is 1. The van der Waals surface area contributed by atoms with E-state index < -0.39 is 5.91 Å². The maximum Gasteiger partial charge on any atom is 0.257 e. The summed E-state index contributed by atoms with van der Waals surface area (Å²) in [4.78, 5) is 27.9. The van der Waals surface area contributed by atoms with Gasteiger partial charge in [0.25, 0.3) is 11.5 Å². The Labute approximate surface area is 196 Å². The summed E-state index contributed by atoms with van der Waals surface area (Å²) in [5.74, 6) is 0.0547. The van der Waals surface area contributed by atoms with Gasteiger partial charge in [0.15, 0.2) is 5.50 Å². The normalized spacial score (nSPS) is 18.0. The molecular weight excluding hydrogens is 434 g/mol. The van der Waals surface area contributed by atoms with Crippen LogP contribution in [0.2, 0.25) is 0 Å². The minimum absolute atomic E-state index is 0.151. The third-order valence-corrected chi connectivity index (χ3v) is 7.63. The van der Waals surface area contributed by atoms with E-state index in [9.17, 15) is 9.59 Å². The summed E-state index contributed by atoms with van der Waals surface area (Å²) >= 11 is 1.34. The van der Waals surface area contributed by atoms with Crippen LogP contribution in [0.25, 0.3) is 0 Å². The Kier molecular flexibility index (Phi) is 5.72. The van der Waals surface area contributed by atoms with Gasteiger partial charge < -0.3 is 15.4 Å². The van der Waals surface area contributed by atoms with Crippen LogP contribution in [0, 0.1) is 0 Å². The highest BCUT2D eigenvalue weighted by molar-refractivity contribution is 8.04. The molecule has 168 valence electrons. The molecule has 1 amide bonds. The number of thioether (sulfide) groups is 1. The summed E-state index contributed by atoms with van der Waals surface area (Å²) in [5.41, 5.74) is 9.60. The number of ether oxygens (including phenoxy) is 1. The molecule has 7 heteroatoms. The number of nitrogens with two attached hydrogens (primary N) is 1. The molecule has 6 nitrogen and oxygen atoms in total. The lowest BCUT2D eigenvalue weighted by Crippen LogP contribution is -2.39. The quantitative estimate of drug-likeness (QED) is 0.607. The number of amides is 1. The zero-order valence-corrected chi connectivity index (χ0v) is 19.1. The molecule has 0 saturated carbocycles. The molecule has 3 aromatic rings. The van der Waals surface area contributed by atoms with E-state index in [1.807, 2.05) is 49.4 Å². The zero-order valence-electron chi connectivity index (χ0n) is 18.3. The molecule has 0 saturated heterocycles. The maximum atomic E-state index is 13.1. The number of primary amides is 1. The van der Waals surface area contributed by atoms with Crippen LogP contribution in [-0.2, 0) is 24.2 Å². The van der Waals surface area contributed by atoms with Crippen LogP contribution in [0.4, 0.5) is 0 Å². The van der Waals surface area contributed by atoms with Crippen molar-refractivity contribution in [3.8, 4) is 5.75 Å². The van der Waals surface area contributed by atoms with Gasteiger partial charge in [-0.3, -0.25) is 14.2 Å². The van der Waals surface area contributed by atoms with Crippen LogP contribution < -0.4 is 16.0 Å². The molecule has 0 spiro atoms. The summed E-state index contributed by atoms with van der Waals surface area (Å²) in [6.45, 7) is 2.31. The van der Waals surface area contributed by atoms with E-state index in [1.54, 1.807) is 16.8 Å². The fraction of sp³-hybridized carbons (Fsp3) is 0.231. The average molecular weight is 460 g/mol. The first-order valence-electron chi connectivity index (χ1n) is 10.9. The van der Waals surface area contributed by atoms with E-state index in [1.165, 1.54) is 29.0 Å². The number of aromatic nitrogens is 1. The molecule has 0 bridgehead atoms. The monoisotopic (exact) mass is 459 g/mol. The van der Waals surface area contributed by atoms with Crippen molar-refractivity contribution in [1.82, 2.24) is 9.47 Å². The molecule has 1 aromatic heterocycles. The van der Waals surface area contributed by atoms with Crippen molar-refractivity contribution < 1.29 is 9.53 Å². The summed E-state index contributed by atoms with van der Waals surface area (Å²) in [6, 6.07) is 21.7. The van der Waals surface area contributed by atoms with Crippen LogP contribution in [0.5, 0.6) is 5.75 Å². The molecule has 2 aromatic carbocycles. The average Bonchev–Trinajstić information content (AvgIpc) is 3.39. The second kappa shape index (κ2) is 8.83. The summed E-state index contributed by atoms with van der Waals surface area (Å²) < 4.78 is 7.48. The third-order valence-electron chi connectivity index (χ3n) is 6.23. The number of carbonyl (C=O) groups is 1. The first-order chi connectivity index (χ1) is 16.0. The van der Waals surface area contributed by atoms with Gasteiger partial charge in [-0.2, -0.15) is 0 Å². The number of hydrogen-bond acceptors (Lipinski definition) is 5. The Balaban J connectivity index is 1.41. The molecule has 1 atom stereocenters. The van der Waals surface area contributed by atoms with Crippen molar-refractivity contribution in [2.75, 3.05) is 0 Å². The number of pyridine rings is 1. The lowest BCUT2D eigenvalue weighted by atomic mass is 10.1. The Morgan fingerprint density at radius 1 is 1.06 bits per heavy atom.